The van der Waals surface area contributed by atoms with Gasteiger partial charge in [0, 0.05) is 10.6 Å². The van der Waals surface area contributed by atoms with E-state index >= 15 is 0 Å². The molecular formula is C18H17ClN2O6. The van der Waals surface area contributed by atoms with Gasteiger partial charge in [0.25, 0.3) is 11.5 Å². The number of aliphatic carboxylic acids is 1. The van der Waals surface area contributed by atoms with E-state index in [2.05, 4.69) is 5.32 Å². The van der Waals surface area contributed by atoms with E-state index in [1.54, 1.807) is 18.2 Å². The summed E-state index contributed by atoms with van der Waals surface area (Å²) in [7, 11) is 0. The van der Waals surface area contributed by atoms with Crippen LogP contribution in [0.25, 0.3) is 0 Å². The van der Waals surface area contributed by atoms with Gasteiger partial charge < -0.3 is 24.8 Å². The number of halogens is 1. The van der Waals surface area contributed by atoms with E-state index < -0.39 is 35.3 Å². The second kappa shape index (κ2) is 7.42. The number of carbonyl (C=O) groups excluding carboxylic acids is 1. The Labute approximate surface area is 159 Å². The van der Waals surface area contributed by atoms with Crippen molar-refractivity contribution in [1.29, 1.82) is 0 Å². The molecule has 2 aromatic rings. The van der Waals surface area contributed by atoms with Gasteiger partial charge in [-0.05, 0) is 30.2 Å². The van der Waals surface area contributed by atoms with Crippen LogP contribution in [0.1, 0.15) is 32.7 Å². The van der Waals surface area contributed by atoms with Gasteiger partial charge in [0.1, 0.15) is 17.9 Å². The van der Waals surface area contributed by atoms with E-state index in [1.165, 1.54) is 4.57 Å². The fourth-order valence-corrected chi connectivity index (χ4v) is 3.23. The molecule has 0 saturated heterocycles. The third-order valence-corrected chi connectivity index (χ3v) is 4.64. The molecule has 0 atom stereocenters. The molecule has 1 amide bonds. The van der Waals surface area contributed by atoms with Crippen molar-refractivity contribution in [3.05, 3.63) is 61.5 Å². The quantitative estimate of drug-likeness (QED) is 0.708. The number of pyridine rings is 1. The van der Waals surface area contributed by atoms with Crippen LogP contribution in [0.2, 0.25) is 5.02 Å². The first kappa shape index (κ1) is 18.9. The first-order valence-corrected chi connectivity index (χ1v) is 8.47. The summed E-state index contributed by atoms with van der Waals surface area (Å²) >= 11 is 5.97. The average molecular weight is 393 g/mol. The lowest BCUT2D eigenvalue weighted by Crippen LogP contribution is -2.37. The van der Waals surface area contributed by atoms with Crippen LogP contribution in [0.3, 0.4) is 0 Å². The van der Waals surface area contributed by atoms with Crippen molar-refractivity contribution in [2.24, 2.45) is 0 Å². The van der Waals surface area contributed by atoms with Crippen molar-refractivity contribution in [2.75, 3.05) is 6.54 Å². The molecule has 0 spiro atoms. The number of aromatic nitrogens is 1. The van der Waals surface area contributed by atoms with Crippen LogP contribution in [0.4, 0.5) is 0 Å². The van der Waals surface area contributed by atoms with Gasteiger partial charge in [0.15, 0.2) is 0 Å². The molecule has 3 N–H and O–H groups in total. The number of hydrogen-bond acceptors (Lipinski definition) is 5. The number of fused-ring (bicyclic) bond motifs is 1. The molecule has 3 rings (SSSR count). The topological polar surface area (TPSA) is 118 Å². The molecule has 1 aliphatic heterocycles. The molecule has 0 fully saturated rings. The molecule has 1 aromatic heterocycles. The summed E-state index contributed by atoms with van der Waals surface area (Å²) in [5.41, 5.74) is 1.31. The lowest BCUT2D eigenvalue weighted by atomic mass is 10.1. The number of nitrogens with one attached hydrogen (secondary N) is 1. The summed E-state index contributed by atoms with van der Waals surface area (Å²) in [5, 5.41) is 21.8. The molecule has 0 bridgehead atoms. The smallest absolute Gasteiger partial charge is 0.322 e. The predicted octanol–water partition coefficient (Wildman–Crippen LogP) is 1.41. The maximum Gasteiger partial charge on any atom is 0.322 e. The SMILES string of the molecule is Cc1cc(Cl)ccc1Cn1c2c(c(O)c(C(=O)NCC(=O)O)c1=O)COC2. The number of carboxylic acid groups (broad SMARTS) is 1. The molecule has 0 radical (unpaired) electrons. The highest BCUT2D eigenvalue weighted by Crippen LogP contribution is 2.30. The number of benzene rings is 1. The molecule has 8 nitrogen and oxygen atoms in total. The molecule has 9 heteroatoms. The van der Waals surface area contributed by atoms with Crippen molar-refractivity contribution in [1.82, 2.24) is 9.88 Å². The Bertz CT molecular complexity index is 998. The van der Waals surface area contributed by atoms with Gasteiger partial charge in [-0.1, -0.05) is 17.7 Å². The van der Waals surface area contributed by atoms with Crippen LogP contribution in [0.5, 0.6) is 5.75 Å². The Morgan fingerprint density at radius 2 is 2.07 bits per heavy atom. The summed E-state index contributed by atoms with van der Waals surface area (Å²) in [5.74, 6) is -2.68. The molecule has 1 aromatic carbocycles. The number of aromatic hydroxyl groups is 1. The first-order chi connectivity index (χ1) is 12.8. The number of nitrogens with zero attached hydrogens (tertiary/aromatic N) is 1. The first-order valence-electron chi connectivity index (χ1n) is 8.10. The van der Waals surface area contributed by atoms with E-state index in [4.69, 9.17) is 21.4 Å². The van der Waals surface area contributed by atoms with E-state index in [9.17, 15) is 19.5 Å². The van der Waals surface area contributed by atoms with Crippen molar-refractivity contribution in [2.45, 2.75) is 26.7 Å². The maximum absolute atomic E-state index is 12.9. The minimum absolute atomic E-state index is 0.0558. The maximum atomic E-state index is 12.9. The summed E-state index contributed by atoms with van der Waals surface area (Å²) in [6.07, 6.45) is 0. The number of aryl methyl sites for hydroxylation is 1. The van der Waals surface area contributed by atoms with Crippen molar-refractivity contribution in [3.63, 3.8) is 0 Å². The highest BCUT2D eigenvalue weighted by Gasteiger charge is 2.29. The van der Waals surface area contributed by atoms with E-state index in [0.29, 0.717) is 16.3 Å². The number of carbonyl (C=O) groups is 2. The molecule has 0 unspecified atom stereocenters. The van der Waals surface area contributed by atoms with E-state index in [1.807, 2.05) is 6.92 Å². The Kier molecular flexibility index (Phi) is 5.20. The zero-order valence-corrected chi connectivity index (χ0v) is 15.2. The van der Waals surface area contributed by atoms with Crippen molar-refractivity contribution in [3.8, 4) is 5.75 Å². The normalized spacial score (nSPS) is 12.7. The molecule has 0 aliphatic carbocycles. The van der Waals surface area contributed by atoms with Crippen LogP contribution < -0.4 is 10.9 Å². The number of carboxylic acids is 1. The molecule has 27 heavy (non-hydrogen) atoms. The van der Waals surface area contributed by atoms with Gasteiger partial charge in [0.2, 0.25) is 0 Å². The van der Waals surface area contributed by atoms with Gasteiger partial charge in [-0.3, -0.25) is 14.4 Å². The number of hydrogen-bond donors (Lipinski definition) is 3. The highest BCUT2D eigenvalue weighted by molar-refractivity contribution is 6.30. The number of rotatable bonds is 5. The monoisotopic (exact) mass is 392 g/mol. The van der Waals surface area contributed by atoms with Crippen molar-refractivity contribution < 1.29 is 24.5 Å². The van der Waals surface area contributed by atoms with Gasteiger partial charge in [-0.2, -0.15) is 0 Å². The Morgan fingerprint density at radius 1 is 1.33 bits per heavy atom. The molecule has 2 heterocycles. The average Bonchev–Trinajstić information content (AvgIpc) is 3.08. The van der Waals surface area contributed by atoms with E-state index in [-0.39, 0.29) is 19.8 Å². The zero-order chi connectivity index (χ0) is 19.7. The Hall–Kier alpha value is -2.84. The lowest BCUT2D eigenvalue weighted by molar-refractivity contribution is -0.135. The lowest BCUT2D eigenvalue weighted by Gasteiger charge is -2.16. The largest absolute Gasteiger partial charge is 0.506 e. The fourth-order valence-electron chi connectivity index (χ4n) is 3.00. The van der Waals surface area contributed by atoms with Crippen LogP contribution in [-0.2, 0) is 29.3 Å². The van der Waals surface area contributed by atoms with Gasteiger partial charge in [-0.25, -0.2) is 0 Å². The Balaban J connectivity index is 2.09. The third-order valence-electron chi connectivity index (χ3n) is 4.40. The molecule has 142 valence electrons. The molecular weight excluding hydrogens is 376 g/mol. The summed E-state index contributed by atoms with van der Waals surface area (Å²) < 4.78 is 6.71. The fraction of sp³-hybridized carbons (Fsp3) is 0.278. The minimum atomic E-state index is -1.26. The second-order valence-electron chi connectivity index (χ2n) is 6.18. The number of ether oxygens (including phenoxy) is 1. The predicted molar refractivity (Wildman–Crippen MR) is 96.1 cm³/mol. The summed E-state index contributed by atoms with van der Waals surface area (Å²) in [4.78, 5) is 35.9. The van der Waals surface area contributed by atoms with Gasteiger partial charge in [-0.15, -0.1) is 0 Å². The van der Waals surface area contributed by atoms with Gasteiger partial charge >= 0.3 is 5.97 Å². The third kappa shape index (κ3) is 3.67. The van der Waals surface area contributed by atoms with Crippen LogP contribution >= 0.6 is 11.6 Å². The minimum Gasteiger partial charge on any atom is -0.506 e. The zero-order valence-electron chi connectivity index (χ0n) is 14.4. The Morgan fingerprint density at radius 3 is 2.74 bits per heavy atom. The van der Waals surface area contributed by atoms with Gasteiger partial charge in [0.05, 0.1) is 25.5 Å². The van der Waals surface area contributed by atoms with Crippen LogP contribution in [0, 0.1) is 6.92 Å². The number of amides is 1. The second-order valence-corrected chi connectivity index (χ2v) is 6.62. The highest BCUT2D eigenvalue weighted by atomic mass is 35.5. The summed E-state index contributed by atoms with van der Waals surface area (Å²) in [6, 6.07) is 5.25. The standard InChI is InChI=1S/C18H17ClN2O6/c1-9-4-11(19)3-2-10(9)6-21-13-8-27-7-12(13)16(24)15(18(21)26)17(25)20-5-14(22)23/h2-4,24H,5-8H2,1H3,(H,20,25)(H,22,23). The van der Waals surface area contributed by atoms with Crippen LogP contribution in [-0.4, -0.2) is 33.2 Å². The van der Waals surface area contributed by atoms with Crippen molar-refractivity contribution >= 4 is 23.5 Å². The summed E-state index contributed by atoms with van der Waals surface area (Å²) in [6.45, 7) is 1.53. The van der Waals surface area contributed by atoms with Crippen LogP contribution in [0.15, 0.2) is 23.0 Å². The molecule has 0 saturated carbocycles. The molecule has 1 aliphatic rings. The van der Waals surface area contributed by atoms with E-state index in [0.717, 1.165) is 11.1 Å².